The van der Waals surface area contributed by atoms with Crippen LogP contribution in [0.1, 0.15) is 11.3 Å². The van der Waals surface area contributed by atoms with E-state index in [4.69, 9.17) is 5.73 Å². The first-order valence-corrected chi connectivity index (χ1v) is 12.5. The third-order valence-electron chi connectivity index (χ3n) is 6.02. The number of carbonyl (C=O) groups excluding carboxylic acids is 1. The molecule has 0 radical (unpaired) electrons. The molecule has 0 saturated carbocycles. The monoisotopic (exact) mass is 491 g/mol. The topological polar surface area (TPSA) is 144 Å². The van der Waals surface area contributed by atoms with Crippen molar-refractivity contribution in [2.45, 2.75) is 19.9 Å². The number of aromatic nitrogens is 5. The molecule has 1 aliphatic rings. The summed E-state index contributed by atoms with van der Waals surface area (Å²) in [6.07, 6.45) is 7.32. The van der Waals surface area contributed by atoms with E-state index in [-0.39, 0.29) is 12.5 Å². The fourth-order valence-corrected chi connectivity index (χ4v) is 4.58. The van der Waals surface area contributed by atoms with E-state index in [1.54, 1.807) is 41.5 Å². The minimum Gasteiger partial charge on any atom is -0.383 e. The van der Waals surface area contributed by atoms with Crippen LogP contribution in [0, 0.1) is 6.92 Å². The fraction of sp³-hybridized carbons (Fsp3) is 0.261. The van der Waals surface area contributed by atoms with Gasteiger partial charge in [-0.05, 0) is 30.0 Å². The average Bonchev–Trinajstić information content (AvgIpc) is 3.13. The van der Waals surface area contributed by atoms with Crippen molar-refractivity contribution in [3.05, 3.63) is 48.0 Å². The van der Waals surface area contributed by atoms with E-state index in [2.05, 4.69) is 30.1 Å². The molecule has 5 heterocycles. The van der Waals surface area contributed by atoms with Crippen LogP contribution >= 0.6 is 0 Å². The van der Waals surface area contributed by atoms with E-state index < -0.39 is 11.0 Å². The minimum atomic E-state index is -1.22. The summed E-state index contributed by atoms with van der Waals surface area (Å²) in [6, 6.07) is 5.74. The Morgan fingerprint density at radius 3 is 2.77 bits per heavy atom. The van der Waals surface area contributed by atoms with Gasteiger partial charge in [-0.25, -0.2) is 14.2 Å². The van der Waals surface area contributed by atoms with Crippen molar-refractivity contribution in [2.75, 3.05) is 35.6 Å². The Morgan fingerprint density at radius 2 is 1.97 bits per heavy atom. The fourth-order valence-electron chi connectivity index (χ4n) is 4.06. The largest absolute Gasteiger partial charge is 0.383 e. The number of nitrogens with one attached hydrogen (secondary N) is 2. The summed E-state index contributed by atoms with van der Waals surface area (Å²) in [5.41, 5.74) is 10.2. The van der Waals surface area contributed by atoms with Crippen LogP contribution in [0.25, 0.3) is 22.0 Å². The first-order chi connectivity index (χ1) is 16.8. The molecule has 0 spiro atoms. The molecule has 1 aliphatic heterocycles. The average molecular weight is 492 g/mol. The molecule has 0 fully saturated rings. The van der Waals surface area contributed by atoms with E-state index in [0.29, 0.717) is 35.4 Å². The molecular formula is C23H25N9O2S. The molecule has 1 atom stereocenters. The summed E-state index contributed by atoms with van der Waals surface area (Å²) in [4.78, 5) is 27.2. The van der Waals surface area contributed by atoms with Gasteiger partial charge in [0.25, 0.3) is 0 Å². The van der Waals surface area contributed by atoms with Gasteiger partial charge in [0.15, 0.2) is 5.82 Å². The molecule has 1 unspecified atom stereocenters. The highest BCUT2D eigenvalue weighted by Crippen LogP contribution is 2.31. The van der Waals surface area contributed by atoms with Crippen molar-refractivity contribution in [1.29, 1.82) is 0 Å². The van der Waals surface area contributed by atoms with Gasteiger partial charge in [-0.15, -0.1) is 0 Å². The Balaban J connectivity index is 1.47. The Kier molecular flexibility index (Phi) is 5.81. The normalized spacial score (nSPS) is 14.5. The van der Waals surface area contributed by atoms with Gasteiger partial charge in [0, 0.05) is 61.4 Å². The van der Waals surface area contributed by atoms with Crippen molar-refractivity contribution >= 4 is 50.8 Å². The van der Waals surface area contributed by atoms with Gasteiger partial charge in [-0.1, -0.05) is 0 Å². The number of likely N-dealkylation sites (N-methyl/N-ethyl adjacent to an activating group) is 1. The maximum absolute atomic E-state index is 12.2. The number of nitrogen functional groups attached to an aromatic ring is 1. The van der Waals surface area contributed by atoms with Gasteiger partial charge >= 0.3 is 0 Å². The highest BCUT2D eigenvalue weighted by molar-refractivity contribution is 7.85. The molecule has 180 valence electrons. The molecule has 0 saturated heterocycles. The summed E-state index contributed by atoms with van der Waals surface area (Å²) in [5.74, 6) is 1.60. The van der Waals surface area contributed by atoms with Gasteiger partial charge < -0.3 is 20.7 Å². The maximum Gasteiger partial charge on any atom is 0.244 e. The minimum absolute atomic E-state index is 0.0342. The molecule has 35 heavy (non-hydrogen) atoms. The van der Waals surface area contributed by atoms with Gasteiger partial charge in [0.2, 0.25) is 5.91 Å². The highest BCUT2D eigenvalue weighted by atomic mass is 32.2. The molecule has 12 heteroatoms. The second-order valence-corrected chi connectivity index (χ2v) is 9.58. The van der Waals surface area contributed by atoms with Crippen LogP contribution in [-0.2, 0) is 28.7 Å². The predicted molar refractivity (Wildman–Crippen MR) is 136 cm³/mol. The van der Waals surface area contributed by atoms with Crippen LogP contribution in [0.4, 0.5) is 23.1 Å². The first kappa shape index (κ1) is 22.7. The molecule has 4 N–H and O–H groups in total. The highest BCUT2D eigenvalue weighted by Gasteiger charge is 2.19. The Hall–Kier alpha value is -4.06. The molecule has 0 aromatic carbocycles. The molecule has 4 aromatic heterocycles. The molecule has 4 aromatic rings. The van der Waals surface area contributed by atoms with E-state index >= 15 is 0 Å². The predicted octanol–water partition coefficient (Wildman–Crippen LogP) is 2.24. The molecule has 0 bridgehead atoms. The molecule has 1 amide bonds. The summed E-state index contributed by atoms with van der Waals surface area (Å²) in [5, 5.41) is 9.35. The lowest BCUT2D eigenvalue weighted by Gasteiger charge is -2.13. The number of hydrogen-bond acceptors (Lipinski definition) is 8. The van der Waals surface area contributed by atoms with Crippen molar-refractivity contribution in [3.63, 3.8) is 0 Å². The standard InChI is InChI=1S/C23H25N9O2S/c1-13-16(9-25-11-19(13)30-35(3)34)18-6-14-7-20(26-10-17(14)23(24)27-18)28-21-8-15-4-5-31(2)22(33)12-32(15)29-21/h6-11,30H,4-5,12H2,1-3H3,(H2,24,27)(H,26,28,29). The quantitative estimate of drug-likeness (QED) is 0.386. The number of pyridine rings is 3. The molecular weight excluding hydrogens is 466 g/mol. The number of nitrogens with two attached hydrogens (primary N) is 1. The molecule has 11 nitrogen and oxygen atoms in total. The van der Waals surface area contributed by atoms with Crippen LogP contribution in [0.2, 0.25) is 0 Å². The number of rotatable bonds is 5. The van der Waals surface area contributed by atoms with Gasteiger partial charge in [0.05, 0.1) is 17.6 Å². The number of amides is 1. The lowest BCUT2D eigenvalue weighted by atomic mass is 10.0. The zero-order valence-corrected chi connectivity index (χ0v) is 20.4. The maximum atomic E-state index is 12.2. The Labute approximate surface area is 204 Å². The third kappa shape index (κ3) is 4.52. The molecule has 0 aliphatic carbocycles. The van der Waals surface area contributed by atoms with E-state index in [0.717, 1.165) is 34.0 Å². The number of hydrogen-bond donors (Lipinski definition) is 3. The van der Waals surface area contributed by atoms with Crippen molar-refractivity contribution in [1.82, 2.24) is 29.6 Å². The summed E-state index contributed by atoms with van der Waals surface area (Å²) < 4.78 is 16.3. The lowest BCUT2D eigenvalue weighted by molar-refractivity contribution is -0.130. The smallest absolute Gasteiger partial charge is 0.244 e. The van der Waals surface area contributed by atoms with Crippen molar-refractivity contribution in [2.24, 2.45) is 0 Å². The lowest BCUT2D eigenvalue weighted by Crippen LogP contribution is -2.29. The Morgan fingerprint density at radius 1 is 1.14 bits per heavy atom. The van der Waals surface area contributed by atoms with Crippen molar-refractivity contribution in [3.8, 4) is 11.3 Å². The first-order valence-electron chi connectivity index (χ1n) is 11.0. The number of carbonyl (C=O) groups is 1. The zero-order valence-electron chi connectivity index (χ0n) is 19.6. The number of anilines is 4. The molecule has 5 rings (SSSR count). The van der Waals surface area contributed by atoms with Crippen LogP contribution in [0.15, 0.2) is 36.8 Å². The van der Waals surface area contributed by atoms with E-state index in [1.165, 1.54) is 0 Å². The third-order valence-corrected chi connectivity index (χ3v) is 6.53. The van der Waals surface area contributed by atoms with E-state index in [1.807, 2.05) is 25.1 Å². The Bertz CT molecular complexity index is 1480. The van der Waals surface area contributed by atoms with Crippen LogP contribution in [0.3, 0.4) is 0 Å². The number of nitrogens with zero attached hydrogens (tertiary/aromatic N) is 6. The summed E-state index contributed by atoms with van der Waals surface area (Å²) >= 11 is 0. The van der Waals surface area contributed by atoms with Gasteiger partial charge in [-0.3, -0.25) is 14.5 Å². The van der Waals surface area contributed by atoms with E-state index in [9.17, 15) is 9.00 Å². The van der Waals surface area contributed by atoms with Crippen LogP contribution in [-0.4, -0.2) is 59.6 Å². The number of fused-ring (bicyclic) bond motifs is 2. The zero-order chi connectivity index (χ0) is 24.7. The second kappa shape index (κ2) is 8.95. The van der Waals surface area contributed by atoms with Gasteiger partial charge in [-0.2, -0.15) is 5.10 Å². The van der Waals surface area contributed by atoms with Gasteiger partial charge in [0.1, 0.15) is 29.2 Å². The summed E-state index contributed by atoms with van der Waals surface area (Å²) in [6.45, 7) is 2.79. The van der Waals surface area contributed by atoms with Crippen LogP contribution in [0.5, 0.6) is 0 Å². The van der Waals surface area contributed by atoms with Crippen LogP contribution < -0.4 is 15.8 Å². The second-order valence-electron chi connectivity index (χ2n) is 8.47. The SMILES string of the molecule is Cc1c(NS(C)=O)cncc1-c1cc2cc(Nc3cc4n(n3)CC(=O)N(C)CC4)ncc2c(N)n1. The summed E-state index contributed by atoms with van der Waals surface area (Å²) in [7, 11) is 0.579. The van der Waals surface area contributed by atoms with Crippen molar-refractivity contribution < 1.29 is 9.00 Å².